The van der Waals surface area contributed by atoms with Crippen molar-refractivity contribution in [3.8, 4) is 12.1 Å². The fraction of sp³-hybridized carbons (Fsp3) is 0.318. The standard InChI is InChI=1S/C22H21FN4O/c1-15-5-6-16(11-20(15)23)14-26-22(28)17-7-9-27(10-8-17)21-18(12-24)3-2-4-19(21)13-25/h2-6,11,17H,7-10,14H2,1H3,(H,26,28). The lowest BCUT2D eigenvalue weighted by Crippen LogP contribution is -2.41. The second kappa shape index (κ2) is 8.54. The molecule has 1 N–H and O–H groups in total. The molecule has 0 radical (unpaired) electrons. The first-order chi connectivity index (χ1) is 13.5. The minimum Gasteiger partial charge on any atom is -0.369 e. The number of anilines is 1. The summed E-state index contributed by atoms with van der Waals surface area (Å²) in [4.78, 5) is 14.5. The highest BCUT2D eigenvalue weighted by molar-refractivity contribution is 5.79. The highest BCUT2D eigenvalue weighted by Crippen LogP contribution is 2.29. The van der Waals surface area contributed by atoms with Crippen molar-refractivity contribution in [3.05, 3.63) is 64.5 Å². The van der Waals surface area contributed by atoms with Crippen LogP contribution in [-0.4, -0.2) is 19.0 Å². The first-order valence-electron chi connectivity index (χ1n) is 9.24. The van der Waals surface area contributed by atoms with E-state index in [0.29, 0.717) is 54.9 Å². The average molecular weight is 376 g/mol. The summed E-state index contributed by atoms with van der Waals surface area (Å²) < 4.78 is 13.6. The van der Waals surface area contributed by atoms with Gasteiger partial charge in [-0.3, -0.25) is 4.79 Å². The molecule has 142 valence electrons. The lowest BCUT2D eigenvalue weighted by molar-refractivity contribution is -0.125. The number of piperidine rings is 1. The molecule has 1 fully saturated rings. The number of carbonyl (C=O) groups is 1. The summed E-state index contributed by atoms with van der Waals surface area (Å²) in [6.07, 6.45) is 1.28. The molecule has 5 nitrogen and oxygen atoms in total. The fourth-order valence-electron chi connectivity index (χ4n) is 3.51. The Morgan fingerprint density at radius 1 is 1.18 bits per heavy atom. The summed E-state index contributed by atoms with van der Waals surface area (Å²) in [5.74, 6) is -0.453. The lowest BCUT2D eigenvalue weighted by atomic mass is 9.94. The largest absolute Gasteiger partial charge is 0.369 e. The first kappa shape index (κ1) is 19.4. The minimum atomic E-state index is -0.274. The van der Waals surface area contributed by atoms with Crippen molar-refractivity contribution in [2.45, 2.75) is 26.3 Å². The van der Waals surface area contributed by atoms with Crippen LogP contribution in [0.25, 0.3) is 0 Å². The molecule has 1 saturated heterocycles. The Morgan fingerprint density at radius 2 is 1.82 bits per heavy atom. The average Bonchev–Trinajstić information content (AvgIpc) is 2.73. The number of rotatable bonds is 4. The summed E-state index contributed by atoms with van der Waals surface area (Å²) in [6.45, 7) is 3.20. The van der Waals surface area contributed by atoms with E-state index in [1.54, 1.807) is 31.2 Å². The monoisotopic (exact) mass is 376 g/mol. The number of hydrogen-bond donors (Lipinski definition) is 1. The molecule has 6 heteroatoms. The van der Waals surface area contributed by atoms with E-state index >= 15 is 0 Å². The zero-order chi connectivity index (χ0) is 20.1. The third-order valence-electron chi connectivity index (χ3n) is 5.16. The molecule has 2 aromatic carbocycles. The Morgan fingerprint density at radius 3 is 2.39 bits per heavy atom. The lowest BCUT2D eigenvalue weighted by Gasteiger charge is -2.34. The van der Waals surface area contributed by atoms with E-state index in [1.165, 1.54) is 6.07 Å². The maximum absolute atomic E-state index is 13.6. The van der Waals surface area contributed by atoms with E-state index in [2.05, 4.69) is 17.5 Å². The van der Waals surface area contributed by atoms with Gasteiger partial charge in [-0.05, 0) is 49.1 Å². The van der Waals surface area contributed by atoms with Gasteiger partial charge in [-0.1, -0.05) is 18.2 Å². The number of carbonyl (C=O) groups excluding carboxylic acids is 1. The van der Waals surface area contributed by atoms with Gasteiger partial charge < -0.3 is 10.2 Å². The van der Waals surface area contributed by atoms with Crippen molar-refractivity contribution in [3.63, 3.8) is 0 Å². The highest BCUT2D eigenvalue weighted by Gasteiger charge is 2.27. The third kappa shape index (κ3) is 4.13. The maximum atomic E-state index is 13.6. The number of aryl methyl sites for hydroxylation is 1. The zero-order valence-electron chi connectivity index (χ0n) is 15.7. The zero-order valence-corrected chi connectivity index (χ0v) is 15.7. The van der Waals surface area contributed by atoms with Crippen LogP contribution in [0.1, 0.15) is 35.1 Å². The van der Waals surface area contributed by atoms with Gasteiger partial charge in [-0.25, -0.2) is 4.39 Å². The minimum absolute atomic E-state index is 0.0466. The van der Waals surface area contributed by atoms with Crippen LogP contribution in [-0.2, 0) is 11.3 Å². The molecule has 0 bridgehead atoms. The van der Waals surface area contributed by atoms with Crippen molar-refractivity contribution in [2.24, 2.45) is 5.92 Å². The smallest absolute Gasteiger partial charge is 0.223 e. The number of halogens is 1. The van der Waals surface area contributed by atoms with E-state index in [1.807, 2.05) is 11.0 Å². The van der Waals surface area contributed by atoms with E-state index in [9.17, 15) is 19.7 Å². The van der Waals surface area contributed by atoms with Crippen molar-refractivity contribution in [1.29, 1.82) is 10.5 Å². The summed E-state index contributed by atoms with van der Waals surface area (Å²) in [6, 6.07) is 14.4. The van der Waals surface area contributed by atoms with Crippen molar-refractivity contribution in [1.82, 2.24) is 5.32 Å². The first-order valence-corrected chi connectivity index (χ1v) is 9.24. The number of nitrogens with zero attached hydrogens (tertiary/aromatic N) is 3. The number of amides is 1. The molecule has 1 aliphatic heterocycles. The van der Waals surface area contributed by atoms with Crippen LogP contribution >= 0.6 is 0 Å². The predicted octanol–water partition coefficient (Wildman–Crippen LogP) is 3.41. The number of nitriles is 2. The number of para-hydroxylation sites is 1. The van der Waals surface area contributed by atoms with Gasteiger partial charge in [-0.2, -0.15) is 10.5 Å². The Balaban J connectivity index is 1.60. The van der Waals surface area contributed by atoms with E-state index in [4.69, 9.17) is 0 Å². The second-order valence-corrected chi connectivity index (χ2v) is 6.99. The summed E-state index contributed by atoms with van der Waals surface area (Å²) >= 11 is 0. The molecule has 0 aliphatic carbocycles. The molecule has 0 aromatic heterocycles. The van der Waals surface area contributed by atoms with Gasteiger partial charge in [0.15, 0.2) is 0 Å². The maximum Gasteiger partial charge on any atom is 0.223 e. The van der Waals surface area contributed by atoms with Crippen molar-refractivity contribution < 1.29 is 9.18 Å². The van der Waals surface area contributed by atoms with Crippen LogP contribution in [0.15, 0.2) is 36.4 Å². The van der Waals surface area contributed by atoms with E-state index < -0.39 is 0 Å². The molecule has 1 aliphatic rings. The van der Waals surface area contributed by atoms with E-state index in [0.717, 1.165) is 5.56 Å². The topological polar surface area (TPSA) is 79.9 Å². The van der Waals surface area contributed by atoms with Crippen LogP contribution in [0.4, 0.5) is 10.1 Å². The third-order valence-corrected chi connectivity index (χ3v) is 5.16. The quantitative estimate of drug-likeness (QED) is 0.887. The second-order valence-electron chi connectivity index (χ2n) is 6.99. The molecular formula is C22H21FN4O. The van der Waals surface area contributed by atoms with Gasteiger partial charge in [0.05, 0.1) is 16.8 Å². The van der Waals surface area contributed by atoms with Crippen LogP contribution in [0.3, 0.4) is 0 Å². The Labute approximate surface area is 164 Å². The Hall–Kier alpha value is -3.38. The SMILES string of the molecule is Cc1ccc(CNC(=O)C2CCN(c3c(C#N)cccc3C#N)CC2)cc1F. The molecule has 0 saturated carbocycles. The number of hydrogen-bond acceptors (Lipinski definition) is 4. The molecule has 2 aromatic rings. The molecule has 28 heavy (non-hydrogen) atoms. The number of benzene rings is 2. The molecule has 0 spiro atoms. The summed E-state index contributed by atoms with van der Waals surface area (Å²) in [5, 5.41) is 21.6. The van der Waals surface area contributed by atoms with Gasteiger partial charge in [-0.15, -0.1) is 0 Å². The van der Waals surface area contributed by atoms with Gasteiger partial charge in [0.2, 0.25) is 5.91 Å². The van der Waals surface area contributed by atoms with Gasteiger partial charge in [0.1, 0.15) is 18.0 Å². The van der Waals surface area contributed by atoms with E-state index in [-0.39, 0.29) is 17.6 Å². The molecule has 1 heterocycles. The molecule has 1 amide bonds. The van der Waals surface area contributed by atoms with Crippen LogP contribution in [0.2, 0.25) is 0 Å². The summed E-state index contributed by atoms with van der Waals surface area (Å²) in [5.41, 5.74) is 2.92. The van der Waals surface area contributed by atoms with Crippen molar-refractivity contribution in [2.75, 3.05) is 18.0 Å². The summed E-state index contributed by atoms with van der Waals surface area (Å²) in [7, 11) is 0. The molecule has 3 rings (SSSR count). The molecule has 0 unspecified atom stereocenters. The van der Waals surface area contributed by atoms with Gasteiger partial charge in [0.25, 0.3) is 0 Å². The molecular weight excluding hydrogens is 355 g/mol. The normalized spacial score (nSPS) is 14.2. The Kier molecular flexibility index (Phi) is 5.91. The predicted molar refractivity (Wildman–Crippen MR) is 104 cm³/mol. The Bertz CT molecular complexity index is 933. The van der Waals surface area contributed by atoms with Gasteiger partial charge >= 0.3 is 0 Å². The van der Waals surface area contributed by atoms with Crippen LogP contribution < -0.4 is 10.2 Å². The van der Waals surface area contributed by atoms with Crippen molar-refractivity contribution >= 4 is 11.6 Å². The highest BCUT2D eigenvalue weighted by atomic mass is 19.1. The van der Waals surface area contributed by atoms with Crippen LogP contribution in [0, 0.1) is 41.3 Å². The fourth-order valence-corrected chi connectivity index (χ4v) is 3.51. The molecule has 0 atom stereocenters. The number of nitrogens with one attached hydrogen (secondary N) is 1. The van der Waals surface area contributed by atoms with Gasteiger partial charge in [0, 0.05) is 25.6 Å². The van der Waals surface area contributed by atoms with Crippen LogP contribution in [0.5, 0.6) is 0 Å².